The van der Waals surface area contributed by atoms with Crippen molar-refractivity contribution in [2.24, 2.45) is 5.92 Å². The van der Waals surface area contributed by atoms with Crippen LogP contribution in [0.25, 0.3) is 16.8 Å². The molecule has 2 atom stereocenters. The molecule has 0 bridgehead atoms. The standard InChI is InChI=1S/C29H31N7O2/c1-18-5-8-22(17-36(18)24(37)16-19-6-7-19)28-34-25(26-27(30)32-14-15-35(26)28)20-9-11-21(12-10-20)29(38)33-23-4-2-3-13-31-23/h2-4,9-15,18-19,22H,5-8,16-17H2,1H3,(H2,30,32)(H,31,33,38)/t18-,22+/m1/s1. The summed E-state index contributed by atoms with van der Waals surface area (Å²) in [4.78, 5) is 41.3. The van der Waals surface area contributed by atoms with Gasteiger partial charge in [0.15, 0.2) is 0 Å². The number of hydrogen-bond donors (Lipinski definition) is 2. The maximum absolute atomic E-state index is 13.0. The van der Waals surface area contributed by atoms with Gasteiger partial charge in [0.25, 0.3) is 5.91 Å². The first kappa shape index (κ1) is 24.1. The van der Waals surface area contributed by atoms with Crippen molar-refractivity contribution in [1.82, 2.24) is 24.3 Å². The Morgan fingerprint density at radius 2 is 1.84 bits per heavy atom. The van der Waals surface area contributed by atoms with Gasteiger partial charge < -0.3 is 16.0 Å². The molecule has 1 saturated heterocycles. The number of nitrogen functional groups attached to an aromatic ring is 1. The molecule has 1 aliphatic heterocycles. The Kier molecular flexibility index (Phi) is 6.27. The van der Waals surface area contributed by atoms with Gasteiger partial charge in [0.1, 0.15) is 28.7 Å². The molecule has 1 aliphatic carbocycles. The van der Waals surface area contributed by atoms with Crippen LogP contribution in [0.5, 0.6) is 0 Å². The summed E-state index contributed by atoms with van der Waals surface area (Å²) >= 11 is 0. The second-order valence-electron chi connectivity index (χ2n) is 10.4. The Morgan fingerprint density at radius 3 is 2.58 bits per heavy atom. The molecule has 6 rings (SSSR count). The highest BCUT2D eigenvalue weighted by Gasteiger charge is 2.35. The minimum atomic E-state index is -0.237. The zero-order valence-electron chi connectivity index (χ0n) is 21.4. The van der Waals surface area contributed by atoms with Crippen LogP contribution in [0.1, 0.15) is 61.1 Å². The number of hydrogen-bond acceptors (Lipinski definition) is 6. The lowest BCUT2D eigenvalue weighted by molar-refractivity contribution is -0.135. The van der Waals surface area contributed by atoms with E-state index in [0.717, 1.165) is 35.4 Å². The summed E-state index contributed by atoms with van der Waals surface area (Å²) in [5.41, 5.74) is 9.17. The highest BCUT2D eigenvalue weighted by atomic mass is 16.2. The number of fused-ring (bicyclic) bond motifs is 1. The minimum Gasteiger partial charge on any atom is -0.382 e. The highest BCUT2D eigenvalue weighted by molar-refractivity contribution is 6.04. The van der Waals surface area contributed by atoms with E-state index in [1.54, 1.807) is 36.7 Å². The van der Waals surface area contributed by atoms with Crippen LogP contribution in [-0.2, 0) is 4.79 Å². The summed E-state index contributed by atoms with van der Waals surface area (Å²) in [6.45, 7) is 2.80. The average Bonchev–Trinajstić information content (AvgIpc) is 3.66. The SMILES string of the molecule is C[C@@H]1CC[C@H](c2nc(-c3ccc(C(=O)Nc4ccccn4)cc3)c3c(N)nccn23)CN1C(=O)CC1CC1. The molecule has 1 aromatic carbocycles. The molecule has 0 unspecified atom stereocenters. The molecule has 194 valence electrons. The third-order valence-electron chi connectivity index (χ3n) is 7.67. The van der Waals surface area contributed by atoms with E-state index < -0.39 is 0 Å². The van der Waals surface area contributed by atoms with Gasteiger partial charge in [-0.1, -0.05) is 18.2 Å². The molecule has 0 spiro atoms. The number of amides is 2. The van der Waals surface area contributed by atoms with Crippen LogP contribution < -0.4 is 11.1 Å². The number of imidazole rings is 1. The normalized spacial score (nSPS) is 19.4. The van der Waals surface area contributed by atoms with Crippen molar-refractivity contribution in [3.8, 4) is 11.3 Å². The molecule has 3 aromatic heterocycles. The number of carbonyl (C=O) groups excluding carboxylic acids is 2. The van der Waals surface area contributed by atoms with E-state index >= 15 is 0 Å². The van der Waals surface area contributed by atoms with Crippen LogP contribution in [0.15, 0.2) is 61.1 Å². The lowest BCUT2D eigenvalue weighted by atomic mass is 9.92. The predicted molar refractivity (Wildman–Crippen MR) is 146 cm³/mol. The van der Waals surface area contributed by atoms with E-state index in [1.807, 2.05) is 33.7 Å². The Morgan fingerprint density at radius 1 is 1.03 bits per heavy atom. The molecule has 9 nitrogen and oxygen atoms in total. The second-order valence-corrected chi connectivity index (χ2v) is 10.4. The fourth-order valence-electron chi connectivity index (χ4n) is 5.33. The maximum Gasteiger partial charge on any atom is 0.256 e. The molecule has 9 heteroatoms. The van der Waals surface area contributed by atoms with Crippen molar-refractivity contribution in [2.75, 3.05) is 17.6 Å². The van der Waals surface area contributed by atoms with Crippen molar-refractivity contribution in [2.45, 2.75) is 51.0 Å². The number of nitrogens with zero attached hydrogens (tertiary/aromatic N) is 5. The molecule has 2 amide bonds. The number of pyridine rings is 1. The molecular formula is C29H31N7O2. The van der Waals surface area contributed by atoms with E-state index in [9.17, 15) is 9.59 Å². The zero-order chi connectivity index (χ0) is 26.2. The van der Waals surface area contributed by atoms with Crippen molar-refractivity contribution in [1.29, 1.82) is 0 Å². The van der Waals surface area contributed by atoms with E-state index in [2.05, 4.69) is 22.2 Å². The van der Waals surface area contributed by atoms with Crippen molar-refractivity contribution in [3.63, 3.8) is 0 Å². The Labute approximate surface area is 221 Å². The minimum absolute atomic E-state index is 0.0980. The lowest BCUT2D eigenvalue weighted by Gasteiger charge is -2.37. The molecule has 2 aliphatic rings. The number of aromatic nitrogens is 4. The Bertz CT molecular complexity index is 1480. The monoisotopic (exact) mass is 509 g/mol. The summed E-state index contributed by atoms with van der Waals surface area (Å²) < 4.78 is 2.02. The number of rotatable bonds is 6. The third kappa shape index (κ3) is 4.71. The van der Waals surface area contributed by atoms with E-state index in [0.29, 0.717) is 36.1 Å². The smallest absolute Gasteiger partial charge is 0.256 e. The fourth-order valence-corrected chi connectivity index (χ4v) is 5.33. The van der Waals surface area contributed by atoms with Gasteiger partial charge in [0.2, 0.25) is 5.91 Å². The van der Waals surface area contributed by atoms with Gasteiger partial charge in [-0.3, -0.25) is 14.0 Å². The summed E-state index contributed by atoms with van der Waals surface area (Å²) in [5, 5.41) is 2.80. The Hall–Kier alpha value is -4.27. The largest absolute Gasteiger partial charge is 0.382 e. The zero-order valence-corrected chi connectivity index (χ0v) is 21.4. The summed E-state index contributed by atoms with van der Waals surface area (Å²) in [6.07, 6.45) is 10.1. The van der Waals surface area contributed by atoms with Gasteiger partial charge in [0.05, 0.1) is 0 Å². The first-order valence-corrected chi connectivity index (χ1v) is 13.2. The van der Waals surface area contributed by atoms with Crippen molar-refractivity contribution < 1.29 is 9.59 Å². The summed E-state index contributed by atoms with van der Waals surface area (Å²) in [6, 6.07) is 12.9. The number of likely N-dealkylation sites (tertiary alicyclic amines) is 1. The van der Waals surface area contributed by atoms with Gasteiger partial charge in [-0.2, -0.15) is 0 Å². The number of carbonyl (C=O) groups is 2. The molecule has 2 fully saturated rings. The van der Waals surface area contributed by atoms with Crippen LogP contribution >= 0.6 is 0 Å². The maximum atomic E-state index is 13.0. The average molecular weight is 510 g/mol. The molecule has 38 heavy (non-hydrogen) atoms. The molecule has 3 N–H and O–H groups in total. The van der Waals surface area contributed by atoms with Gasteiger partial charge in [0, 0.05) is 54.6 Å². The molecule has 0 radical (unpaired) electrons. The Balaban J connectivity index is 1.29. The number of nitrogens with one attached hydrogen (secondary N) is 1. The molecular weight excluding hydrogens is 478 g/mol. The van der Waals surface area contributed by atoms with Crippen LogP contribution in [0, 0.1) is 5.92 Å². The molecule has 4 aromatic rings. The van der Waals surface area contributed by atoms with Crippen LogP contribution in [0.3, 0.4) is 0 Å². The third-order valence-corrected chi connectivity index (χ3v) is 7.67. The quantitative estimate of drug-likeness (QED) is 0.395. The van der Waals surface area contributed by atoms with Crippen LogP contribution in [-0.4, -0.2) is 48.7 Å². The van der Waals surface area contributed by atoms with Crippen LogP contribution in [0.2, 0.25) is 0 Å². The van der Waals surface area contributed by atoms with Gasteiger partial charge in [-0.05, 0) is 62.8 Å². The van der Waals surface area contributed by atoms with Gasteiger partial charge in [-0.25, -0.2) is 15.0 Å². The first-order chi connectivity index (χ1) is 18.5. The van der Waals surface area contributed by atoms with E-state index in [1.165, 1.54) is 12.8 Å². The first-order valence-electron chi connectivity index (χ1n) is 13.2. The van der Waals surface area contributed by atoms with Crippen molar-refractivity contribution in [3.05, 3.63) is 72.4 Å². The lowest BCUT2D eigenvalue weighted by Crippen LogP contribution is -2.45. The molecule has 4 heterocycles. The number of nitrogens with two attached hydrogens (primary N) is 1. The van der Waals surface area contributed by atoms with E-state index in [4.69, 9.17) is 10.7 Å². The summed E-state index contributed by atoms with van der Waals surface area (Å²) in [5.74, 6) is 2.46. The topological polar surface area (TPSA) is 119 Å². The predicted octanol–water partition coefficient (Wildman–Crippen LogP) is 4.52. The van der Waals surface area contributed by atoms with Gasteiger partial charge >= 0.3 is 0 Å². The fraction of sp³-hybridized carbons (Fsp3) is 0.345. The van der Waals surface area contributed by atoms with Crippen LogP contribution in [0.4, 0.5) is 11.6 Å². The summed E-state index contributed by atoms with van der Waals surface area (Å²) in [7, 11) is 0. The van der Waals surface area contributed by atoms with Gasteiger partial charge in [-0.15, -0.1) is 0 Å². The number of anilines is 2. The highest BCUT2D eigenvalue weighted by Crippen LogP contribution is 2.37. The number of piperidine rings is 1. The number of benzene rings is 1. The van der Waals surface area contributed by atoms with Crippen molar-refractivity contribution >= 4 is 29.0 Å². The molecule has 1 saturated carbocycles. The second kappa shape index (κ2) is 9.89. The van der Waals surface area contributed by atoms with E-state index in [-0.39, 0.29) is 23.8 Å².